The number of rotatable bonds is 3. The lowest BCUT2D eigenvalue weighted by atomic mass is 10.2. The normalized spacial score (nSPS) is 26.2. The summed E-state index contributed by atoms with van der Waals surface area (Å²) in [6, 6.07) is 3.63. The van der Waals surface area contributed by atoms with Crippen LogP contribution in [0.4, 0.5) is 5.69 Å². The zero-order valence-electron chi connectivity index (χ0n) is 9.82. The quantitative estimate of drug-likeness (QED) is 0.694. The highest BCUT2D eigenvalue weighted by atomic mass is 16.3. The first-order chi connectivity index (χ1) is 8.11. The van der Waals surface area contributed by atoms with E-state index in [1.54, 1.807) is 12.3 Å². The Morgan fingerprint density at radius 3 is 2.47 bits per heavy atom. The Bertz CT molecular complexity index is 359. The lowest BCUT2D eigenvalue weighted by molar-refractivity contribution is 0.0572. The molecule has 1 aliphatic heterocycles. The van der Waals surface area contributed by atoms with Gasteiger partial charge in [-0.05, 0) is 18.6 Å². The van der Waals surface area contributed by atoms with E-state index in [1.807, 2.05) is 17.9 Å². The van der Waals surface area contributed by atoms with Gasteiger partial charge < -0.3 is 20.2 Å². The molecule has 0 bridgehead atoms. The van der Waals surface area contributed by atoms with E-state index in [2.05, 4.69) is 4.98 Å². The molecule has 2 rings (SSSR count). The van der Waals surface area contributed by atoms with Crippen molar-refractivity contribution in [1.29, 1.82) is 0 Å². The molecule has 2 heterocycles. The molecule has 0 aliphatic carbocycles. The highest BCUT2D eigenvalue weighted by molar-refractivity contribution is 5.46. The van der Waals surface area contributed by atoms with Crippen LogP contribution in [0.1, 0.15) is 25.1 Å². The average molecular weight is 238 g/mol. The van der Waals surface area contributed by atoms with Crippen molar-refractivity contribution in [3.05, 3.63) is 24.0 Å². The van der Waals surface area contributed by atoms with Crippen LogP contribution < -0.4 is 4.90 Å². The van der Waals surface area contributed by atoms with Gasteiger partial charge >= 0.3 is 0 Å². The summed E-state index contributed by atoms with van der Waals surface area (Å²) in [6.07, 6.45) is 0.373. The second-order valence-corrected chi connectivity index (χ2v) is 4.40. The summed E-state index contributed by atoms with van der Waals surface area (Å²) in [6.45, 7) is 2.73. The molecule has 0 radical (unpaired) electrons. The summed E-state index contributed by atoms with van der Waals surface area (Å²) in [4.78, 5) is 6.07. The van der Waals surface area contributed by atoms with Crippen LogP contribution in [0.3, 0.4) is 0 Å². The van der Waals surface area contributed by atoms with Crippen LogP contribution in [0.15, 0.2) is 18.3 Å². The van der Waals surface area contributed by atoms with Crippen molar-refractivity contribution in [1.82, 2.24) is 4.98 Å². The maximum atomic E-state index is 9.61. The fourth-order valence-corrected chi connectivity index (χ4v) is 1.97. The van der Waals surface area contributed by atoms with Gasteiger partial charge in [0.25, 0.3) is 0 Å². The van der Waals surface area contributed by atoms with Gasteiger partial charge in [-0.15, -0.1) is 0 Å². The number of pyridine rings is 1. The van der Waals surface area contributed by atoms with E-state index in [9.17, 15) is 15.3 Å². The smallest absolute Gasteiger partial charge is 0.0990 e. The third-order valence-electron chi connectivity index (χ3n) is 3.12. The number of aliphatic hydroxyl groups excluding tert-OH is 3. The molecule has 5 nitrogen and oxygen atoms in total. The second-order valence-electron chi connectivity index (χ2n) is 4.40. The first-order valence-electron chi connectivity index (χ1n) is 5.87. The summed E-state index contributed by atoms with van der Waals surface area (Å²) in [5.41, 5.74) is 1.50. The van der Waals surface area contributed by atoms with Crippen molar-refractivity contribution in [2.45, 2.75) is 31.7 Å². The van der Waals surface area contributed by atoms with Gasteiger partial charge in [0.1, 0.15) is 0 Å². The molecule has 3 unspecified atom stereocenters. The topological polar surface area (TPSA) is 76.8 Å². The maximum absolute atomic E-state index is 9.61. The first-order valence-corrected chi connectivity index (χ1v) is 5.87. The number of hydrogen-bond acceptors (Lipinski definition) is 5. The van der Waals surface area contributed by atoms with Crippen LogP contribution >= 0.6 is 0 Å². The molecule has 1 aliphatic rings. The van der Waals surface area contributed by atoms with E-state index in [0.717, 1.165) is 5.69 Å². The number of anilines is 1. The lowest BCUT2D eigenvalue weighted by Crippen LogP contribution is -2.22. The Kier molecular flexibility index (Phi) is 3.61. The van der Waals surface area contributed by atoms with E-state index in [1.165, 1.54) is 0 Å². The van der Waals surface area contributed by atoms with Crippen LogP contribution in [0.2, 0.25) is 0 Å². The molecule has 1 fully saturated rings. The van der Waals surface area contributed by atoms with E-state index < -0.39 is 18.3 Å². The van der Waals surface area contributed by atoms with Crippen LogP contribution in [0.25, 0.3) is 0 Å². The Balaban J connectivity index is 2.08. The Morgan fingerprint density at radius 2 is 2.00 bits per heavy atom. The molecule has 5 heteroatoms. The molecule has 0 amide bonds. The van der Waals surface area contributed by atoms with Gasteiger partial charge in [-0.3, -0.25) is 4.98 Å². The monoisotopic (exact) mass is 238 g/mol. The molecule has 0 aromatic carbocycles. The molecule has 1 aromatic heterocycles. The third kappa shape index (κ3) is 2.57. The minimum atomic E-state index is -0.698. The van der Waals surface area contributed by atoms with E-state index >= 15 is 0 Å². The van der Waals surface area contributed by atoms with Gasteiger partial charge in [0, 0.05) is 13.1 Å². The van der Waals surface area contributed by atoms with Gasteiger partial charge in [0.15, 0.2) is 0 Å². The number of nitrogens with zero attached hydrogens (tertiary/aromatic N) is 2. The zero-order valence-corrected chi connectivity index (χ0v) is 9.82. The third-order valence-corrected chi connectivity index (χ3v) is 3.12. The van der Waals surface area contributed by atoms with Crippen LogP contribution in [-0.4, -0.2) is 45.6 Å². The van der Waals surface area contributed by atoms with Gasteiger partial charge in [0.2, 0.25) is 0 Å². The number of hydrogen-bond donors (Lipinski definition) is 3. The number of aromatic nitrogens is 1. The molecule has 1 saturated heterocycles. The van der Waals surface area contributed by atoms with E-state index in [-0.39, 0.29) is 0 Å². The summed E-state index contributed by atoms with van der Waals surface area (Å²) in [5.74, 6) is 0. The summed E-state index contributed by atoms with van der Waals surface area (Å²) in [5, 5.41) is 28.5. The molecule has 94 valence electrons. The van der Waals surface area contributed by atoms with Crippen molar-refractivity contribution >= 4 is 5.69 Å². The summed E-state index contributed by atoms with van der Waals surface area (Å²) < 4.78 is 0. The van der Waals surface area contributed by atoms with Crippen molar-refractivity contribution in [2.75, 3.05) is 18.0 Å². The van der Waals surface area contributed by atoms with Gasteiger partial charge in [-0.1, -0.05) is 6.92 Å². The molecular formula is C12H18N2O3. The van der Waals surface area contributed by atoms with Gasteiger partial charge in [-0.2, -0.15) is 0 Å². The summed E-state index contributed by atoms with van der Waals surface area (Å²) in [7, 11) is 0. The SMILES string of the molecule is CCC(O)c1ccc(N2CC(O)C(O)C2)cn1. The first kappa shape index (κ1) is 12.3. The summed E-state index contributed by atoms with van der Waals surface area (Å²) >= 11 is 0. The molecule has 3 atom stereocenters. The van der Waals surface area contributed by atoms with Gasteiger partial charge in [-0.25, -0.2) is 0 Å². The fourth-order valence-electron chi connectivity index (χ4n) is 1.97. The average Bonchev–Trinajstić information content (AvgIpc) is 2.69. The van der Waals surface area contributed by atoms with Crippen molar-refractivity contribution in [3.8, 4) is 0 Å². The van der Waals surface area contributed by atoms with Crippen molar-refractivity contribution in [2.24, 2.45) is 0 Å². The maximum Gasteiger partial charge on any atom is 0.0990 e. The Morgan fingerprint density at radius 1 is 1.35 bits per heavy atom. The Hall–Kier alpha value is -1.17. The standard InChI is InChI=1S/C12H18N2O3/c1-2-10(15)9-4-3-8(5-13-9)14-6-11(16)12(17)7-14/h3-5,10-12,15-17H,2,6-7H2,1H3. The minimum Gasteiger partial charge on any atom is -0.389 e. The largest absolute Gasteiger partial charge is 0.389 e. The van der Waals surface area contributed by atoms with Crippen molar-refractivity contribution < 1.29 is 15.3 Å². The predicted molar refractivity (Wildman–Crippen MR) is 63.7 cm³/mol. The zero-order chi connectivity index (χ0) is 12.4. The van der Waals surface area contributed by atoms with Crippen LogP contribution in [0, 0.1) is 0 Å². The van der Waals surface area contributed by atoms with Crippen LogP contribution in [-0.2, 0) is 0 Å². The predicted octanol–water partition coefficient (Wildman–Crippen LogP) is 0.0668. The molecule has 3 N–H and O–H groups in total. The molecule has 0 spiro atoms. The van der Waals surface area contributed by atoms with Crippen LogP contribution in [0.5, 0.6) is 0 Å². The number of aliphatic hydroxyl groups is 3. The number of β-amino-alcohol motifs (C(OH)–C–C–N with tert-alkyl or cyclic N) is 2. The van der Waals surface area contributed by atoms with E-state index in [0.29, 0.717) is 25.2 Å². The molecule has 17 heavy (non-hydrogen) atoms. The molecule has 0 saturated carbocycles. The molecular weight excluding hydrogens is 220 g/mol. The van der Waals surface area contributed by atoms with Gasteiger partial charge in [0.05, 0.1) is 35.9 Å². The lowest BCUT2D eigenvalue weighted by Gasteiger charge is -2.17. The fraction of sp³-hybridized carbons (Fsp3) is 0.583. The molecule has 1 aromatic rings. The highest BCUT2D eigenvalue weighted by Crippen LogP contribution is 2.22. The van der Waals surface area contributed by atoms with E-state index in [4.69, 9.17) is 0 Å². The second kappa shape index (κ2) is 5.00. The Labute approximate surface area is 100 Å². The highest BCUT2D eigenvalue weighted by Gasteiger charge is 2.29. The van der Waals surface area contributed by atoms with Crippen molar-refractivity contribution in [3.63, 3.8) is 0 Å². The minimum absolute atomic E-state index is 0.415.